The van der Waals surface area contributed by atoms with Crippen molar-refractivity contribution >= 4 is 23.5 Å². The number of aryl methyl sites for hydroxylation is 2. The maximum Gasteiger partial charge on any atom is 0.139 e. The van der Waals surface area contributed by atoms with Crippen LogP contribution in [0.1, 0.15) is 11.1 Å². The summed E-state index contributed by atoms with van der Waals surface area (Å²) >= 11 is 0. The van der Waals surface area contributed by atoms with Gasteiger partial charge in [-0.15, -0.1) is 10.2 Å². The molecule has 3 aromatic carbocycles. The molecule has 5 nitrogen and oxygen atoms in total. The van der Waals surface area contributed by atoms with Crippen LogP contribution in [0.15, 0.2) is 96.3 Å². The summed E-state index contributed by atoms with van der Waals surface area (Å²) in [6.45, 7) is 4.23. The summed E-state index contributed by atoms with van der Waals surface area (Å²) in [5.74, 6) is 0. The molecule has 0 saturated heterocycles. The van der Waals surface area contributed by atoms with Crippen molar-refractivity contribution in [1.29, 1.82) is 0 Å². The van der Waals surface area contributed by atoms with Gasteiger partial charge in [0.1, 0.15) is 19.9 Å². The first-order chi connectivity index (χ1) is 13.7. The van der Waals surface area contributed by atoms with Gasteiger partial charge in [0, 0.05) is 10.6 Å². The van der Waals surface area contributed by atoms with E-state index in [1.165, 1.54) is 11.1 Å². The van der Waals surface area contributed by atoms with E-state index in [-0.39, 0.29) is 0 Å². The van der Waals surface area contributed by atoms with E-state index in [9.17, 15) is 0 Å². The SMILES string of the molecule is Cc1ccc(N=P(Nn2cnnc2)(c2ccccc2)c2ccccc2)cc1C. The molecule has 0 aliphatic heterocycles. The van der Waals surface area contributed by atoms with Crippen LogP contribution in [0.2, 0.25) is 0 Å². The molecule has 0 unspecified atom stereocenters. The van der Waals surface area contributed by atoms with Crippen molar-refractivity contribution in [2.45, 2.75) is 13.8 Å². The number of benzene rings is 3. The van der Waals surface area contributed by atoms with Gasteiger partial charge < -0.3 is 0 Å². The van der Waals surface area contributed by atoms with E-state index in [2.05, 4.69) is 96.0 Å². The lowest BCUT2D eigenvalue weighted by molar-refractivity contribution is 0.990. The summed E-state index contributed by atoms with van der Waals surface area (Å²) in [6, 6.07) is 27.1. The number of hydrogen-bond donors (Lipinski definition) is 1. The Balaban J connectivity index is 2.02. The third kappa shape index (κ3) is 3.62. The smallest absolute Gasteiger partial charge is 0.139 e. The molecule has 0 amide bonds. The monoisotopic (exact) mass is 387 g/mol. The quantitative estimate of drug-likeness (QED) is 0.512. The van der Waals surface area contributed by atoms with E-state index in [4.69, 9.17) is 4.74 Å². The van der Waals surface area contributed by atoms with Gasteiger partial charge in [-0.3, -0.25) is 5.20 Å². The number of nitrogens with zero attached hydrogens (tertiary/aromatic N) is 4. The summed E-state index contributed by atoms with van der Waals surface area (Å²) in [7, 11) is -2.39. The maximum absolute atomic E-state index is 5.33. The van der Waals surface area contributed by atoms with Crippen molar-refractivity contribution in [3.8, 4) is 0 Å². The van der Waals surface area contributed by atoms with Crippen molar-refractivity contribution in [3.05, 3.63) is 103 Å². The second-order valence-corrected chi connectivity index (χ2v) is 9.35. The zero-order chi connectivity index (χ0) is 19.4. The van der Waals surface area contributed by atoms with Gasteiger partial charge in [-0.05, 0) is 37.1 Å². The third-order valence-electron chi connectivity index (χ3n) is 4.69. The highest BCUT2D eigenvalue weighted by Crippen LogP contribution is 2.47. The average Bonchev–Trinajstić information content (AvgIpc) is 3.24. The van der Waals surface area contributed by atoms with Crippen LogP contribution in [0, 0.1) is 13.8 Å². The lowest BCUT2D eigenvalue weighted by atomic mass is 10.1. The van der Waals surface area contributed by atoms with Crippen LogP contribution >= 0.6 is 7.21 Å². The van der Waals surface area contributed by atoms with E-state index in [1.807, 2.05) is 12.1 Å². The predicted octanol–water partition coefficient (Wildman–Crippen LogP) is 4.54. The van der Waals surface area contributed by atoms with E-state index >= 15 is 0 Å². The van der Waals surface area contributed by atoms with Crippen LogP contribution in [0.3, 0.4) is 0 Å². The number of nitrogens with one attached hydrogen (secondary N) is 1. The minimum Gasteiger partial charge on any atom is -0.280 e. The number of aromatic nitrogens is 3. The van der Waals surface area contributed by atoms with Crippen LogP contribution in [0.4, 0.5) is 5.69 Å². The lowest BCUT2D eigenvalue weighted by Crippen LogP contribution is -2.26. The molecule has 0 aliphatic rings. The summed E-state index contributed by atoms with van der Waals surface area (Å²) < 4.78 is 7.12. The van der Waals surface area contributed by atoms with E-state index in [0.717, 1.165) is 16.3 Å². The number of hydrogen-bond acceptors (Lipinski definition) is 3. The highest BCUT2D eigenvalue weighted by atomic mass is 31.2. The molecular formula is C22H22N5P. The largest absolute Gasteiger partial charge is 0.280 e. The minimum absolute atomic E-state index is 0.949. The van der Waals surface area contributed by atoms with Gasteiger partial charge in [-0.2, -0.15) is 0 Å². The molecule has 1 aromatic heterocycles. The Morgan fingerprint density at radius 1 is 0.750 bits per heavy atom. The minimum atomic E-state index is -2.39. The van der Waals surface area contributed by atoms with Crippen LogP contribution in [-0.2, 0) is 0 Å². The Bertz CT molecular complexity index is 1060. The summed E-state index contributed by atoms with van der Waals surface area (Å²) in [5, 5.41) is 13.8. The van der Waals surface area contributed by atoms with Crippen molar-refractivity contribution in [1.82, 2.24) is 14.9 Å². The van der Waals surface area contributed by atoms with Gasteiger partial charge in [0.15, 0.2) is 0 Å². The van der Waals surface area contributed by atoms with Crippen LogP contribution < -0.4 is 15.8 Å². The van der Waals surface area contributed by atoms with E-state index < -0.39 is 7.21 Å². The first-order valence-corrected chi connectivity index (χ1v) is 10.9. The second kappa shape index (κ2) is 7.83. The average molecular weight is 387 g/mol. The molecule has 0 aliphatic carbocycles. The molecule has 1 heterocycles. The van der Waals surface area contributed by atoms with Gasteiger partial charge in [0.25, 0.3) is 0 Å². The molecule has 0 atom stereocenters. The third-order valence-corrected chi connectivity index (χ3v) is 7.84. The molecular weight excluding hydrogens is 365 g/mol. The summed E-state index contributed by atoms with van der Waals surface area (Å²) in [6.07, 6.45) is 3.33. The van der Waals surface area contributed by atoms with Crippen LogP contribution in [0.5, 0.6) is 0 Å². The lowest BCUT2D eigenvalue weighted by Gasteiger charge is -2.28. The van der Waals surface area contributed by atoms with E-state index in [0.29, 0.717) is 0 Å². The summed E-state index contributed by atoms with van der Waals surface area (Å²) in [5.41, 5.74) is 3.43. The molecule has 1 N–H and O–H groups in total. The second-order valence-electron chi connectivity index (χ2n) is 6.64. The predicted molar refractivity (Wildman–Crippen MR) is 116 cm³/mol. The van der Waals surface area contributed by atoms with Gasteiger partial charge >= 0.3 is 0 Å². The van der Waals surface area contributed by atoms with Gasteiger partial charge in [0.2, 0.25) is 0 Å². The molecule has 0 saturated carbocycles. The van der Waals surface area contributed by atoms with Crippen molar-refractivity contribution in [2.24, 2.45) is 4.74 Å². The molecule has 28 heavy (non-hydrogen) atoms. The first-order valence-electron chi connectivity index (χ1n) is 9.11. The van der Waals surface area contributed by atoms with Crippen LogP contribution in [0.25, 0.3) is 0 Å². The van der Waals surface area contributed by atoms with Gasteiger partial charge in [-0.1, -0.05) is 66.7 Å². The molecule has 0 spiro atoms. The normalized spacial score (nSPS) is 11.2. The molecule has 6 heteroatoms. The maximum atomic E-state index is 5.33. The van der Waals surface area contributed by atoms with Crippen molar-refractivity contribution < 1.29 is 0 Å². The molecule has 4 aromatic rings. The fraction of sp³-hybridized carbons (Fsp3) is 0.0909. The zero-order valence-corrected chi connectivity index (χ0v) is 16.8. The van der Waals surface area contributed by atoms with Crippen LogP contribution in [-0.4, -0.2) is 14.9 Å². The fourth-order valence-corrected chi connectivity index (χ4v) is 5.99. The van der Waals surface area contributed by atoms with Gasteiger partial charge in [0.05, 0.1) is 5.69 Å². The Kier molecular flexibility index (Phi) is 5.09. The standard InChI is InChI=1S/C22H22N5P/c1-18-13-14-20(15-19(18)2)25-28(21-9-5-3-6-10-21,22-11-7-4-8-12-22)26-27-16-23-24-17-27/h3-17,26H,1-2H3. The Labute approximate surface area is 165 Å². The Morgan fingerprint density at radius 2 is 1.32 bits per heavy atom. The Hall–Kier alpha value is -3.17. The van der Waals surface area contributed by atoms with Crippen molar-refractivity contribution in [3.63, 3.8) is 0 Å². The molecule has 0 bridgehead atoms. The topological polar surface area (TPSA) is 55.1 Å². The Morgan fingerprint density at radius 3 is 1.86 bits per heavy atom. The van der Waals surface area contributed by atoms with E-state index in [1.54, 1.807) is 17.3 Å². The van der Waals surface area contributed by atoms with Gasteiger partial charge in [-0.25, -0.2) is 9.42 Å². The zero-order valence-electron chi connectivity index (χ0n) is 15.9. The molecule has 0 radical (unpaired) electrons. The first kappa shape index (κ1) is 18.2. The molecule has 4 rings (SSSR count). The molecule has 0 fully saturated rings. The summed E-state index contributed by atoms with van der Waals surface area (Å²) in [4.78, 5) is 0. The van der Waals surface area contributed by atoms with Crippen molar-refractivity contribution in [2.75, 3.05) is 5.20 Å². The highest BCUT2D eigenvalue weighted by molar-refractivity contribution is 7.81. The fourth-order valence-electron chi connectivity index (χ4n) is 3.07. The highest BCUT2D eigenvalue weighted by Gasteiger charge is 2.25. The molecule has 140 valence electrons. The number of rotatable bonds is 5.